The number of methoxy groups -OCH3 is 1. The van der Waals surface area contributed by atoms with E-state index in [1.807, 2.05) is 0 Å². The molecule has 0 atom stereocenters. The number of carbonyl (C=O) groups excluding carboxylic acids is 2. The third-order valence-corrected chi connectivity index (χ3v) is 6.43. The first-order valence-electron chi connectivity index (χ1n) is 9.97. The van der Waals surface area contributed by atoms with Crippen LogP contribution in [0.15, 0.2) is 58.6 Å². The van der Waals surface area contributed by atoms with Gasteiger partial charge in [0.25, 0.3) is 11.8 Å². The molecule has 1 fully saturated rings. The van der Waals surface area contributed by atoms with Crippen molar-refractivity contribution in [3.63, 3.8) is 0 Å². The Labute approximate surface area is 191 Å². The number of anilines is 2. The summed E-state index contributed by atoms with van der Waals surface area (Å²) in [6, 6.07) is 12.8. The summed E-state index contributed by atoms with van der Waals surface area (Å²) >= 11 is 0. The van der Waals surface area contributed by atoms with E-state index in [2.05, 4.69) is 15.8 Å². The molecule has 3 rings (SSSR count). The van der Waals surface area contributed by atoms with Crippen LogP contribution in [0.5, 0.6) is 5.75 Å². The van der Waals surface area contributed by atoms with E-state index in [1.165, 1.54) is 29.6 Å². The minimum absolute atomic E-state index is 0.0640. The van der Waals surface area contributed by atoms with Crippen LogP contribution in [0.4, 0.5) is 11.4 Å². The molecule has 2 aromatic carbocycles. The molecule has 2 aromatic rings. The molecule has 0 saturated carbocycles. The minimum atomic E-state index is -3.69. The Kier molecular flexibility index (Phi) is 8.35. The number of sulfonamides is 1. The van der Waals surface area contributed by atoms with Crippen LogP contribution < -0.4 is 15.4 Å². The van der Waals surface area contributed by atoms with E-state index >= 15 is 0 Å². The summed E-state index contributed by atoms with van der Waals surface area (Å²) in [5, 5.41) is 8.58. The molecule has 11 nitrogen and oxygen atoms in total. The number of para-hydroxylation sites is 2. The van der Waals surface area contributed by atoms with E-state index in [-0.39, 0.29) is 23.7 Å². The second-order valence-corrected chi connectivity index (χ2v) is 8.73. The molecular weight excluding hydrogens is 452 g/mol. The van der Waals surface area contributed by atoms with Crippen molar-refractivity contribution in [2.75, 3.05) is 50.7 Å². The smallest absolute Gasteiger partial charge is 0.270 e. The van der Waals surface area contributed by atoms with E-state index in [9.17, 15) is 18.0 Å². The summed E-state index contributed by atoms with van der Waals surface area (Å²) in [6.45, 7) is 0.749. The molecule has 1 saturated heterocycles. The van der Waals surface area contributed by atoms with Gasteiger partial charge in [-0.2, -0.15) is 4.31 Å². The third-order valence-electron chi connectivity index (χ3n) is 4.53. The van der Waals surface area contributed by atoms with Gasteiger partial charge >= 0.3 is 0 Å². The Balaban J connectivity index is 1.50. The van der Waals surface area contributed by atoms with E-state index < -0.39 is 28.4 Å². The van der Waals surface area contributed by atoms with Crippen LogP contribution in [0.2, 0.25) is 0 Å². The number of hydrogen-bond donors (Lipinski definition) is 2. The number of morpholine rings is 1. The average Bonchev–Trinajstić information content (AvgIpc) is 2.83. The molecule has 1 heterocycles. The second kappa shape index (κ2) is 11.4. The van der Waals surface area contributed by atoms with Gasteiger partial charge in [0.2, 0.25) is 10.0 Å². The van der Waals surface area contributed by atoms with Gasteiger partial charge in [0.15, 0.2) is 6.61 Å². The van der Waals surface area contributed by atoms with Crippen LogP contribution in [0.25, 0.3) is 0 Å². The molecule has 2 N–H and O–H groups in total. The summed E-state index contributed by atoms with van der Waals surface area (Å²) < 4.78 is 37.1. The average molecular weight is 477 g/mol. The highest BCUT2D eigenvalue weighted by Gasteiger charge is 2.26. The lowest BCUT2D eigenvalue weighted by Gasteiger charge is -2.26. The zero-order chi connectivity index (χ0) is 23.7. The first kappa shape index (κ1) is 24.2. The molecule has 0 aromatic heterocycles. The molecule has 0 bridgehead atoms. The van der Waals surface area contributed by atoms with Gasteiger partial charge in [-0.1, -0.05) is 23.4 Å². The molecule has 12 heteroatoms. The van der Waals surface area contributed by atoms with Crippen molar-refractivity contribution < 1.29 is 32.3 Å². The summed E-state index contributed by atoms with van der Waals surface area (Å²) in [4.78, 5) is 28.9. The first-order chi connectivity index (χ1) is 15.9. The summed E-state index contributed by atoms with van der Waals surface area (Å²) in [7, 11) is -2.21. The fourth-order valence-corrected chi connectivity index (χ4v) is 4.42. The van der Waals surface area contributed by atoms with Crippen LogP contribution in [-0.4, -0.2) is 70.8 Å². The van der Waals surface area contributed by atoms with Crippen LogP contribution in [0.3, 0.4) is 0 Å². The molecule has 33 heavy (non-hydrogen) atoms. The maximum absolute atomic E-state index is 12.7. The SMILES string of the molecule is COc1ccccc1NC(=O)/C=N/OCC(=O)Nc1cccc(S(=O)(=O)N2CCOCC2)c1. The van der Waals surface area contributed by atoms with E-state index in [1.54, 1.807) is 30.3 Å². The first-order valence-corrected chi connectivity index (χ1v) is 11.4. The summed E-state index contributed by atoms with van der Waals surface area (Å²) in [5.41, 5.74) is 0.747. The molecule has 1 aliphatic rings. The lowest BCUT2D eigenvalue weighted by Crippen LogP contribution is -2.40. The number of benzene rings is 2. The number of nitrogens with zero attached hydrogens (tertiary/aromatic N) is 2. The minimum Gasteiger partial charge on any atom is -0.495 e. The lowest BCUT2D eigenvalue weighted by atomic mass is 10.3. The van der Waals surface area contributed by atoms with E-state index in [4.69, 9.17) is 14.3 Å². The van der Waals surface area contributed by atoms with Crippen LogP contribution in [0.1, 0.15) is 0 Å². The van der Waals surface area contributed by atoms with E-state index in [0.29, 0.717) is 24.7 Å². The number of ether oxygens (including phenoxy) is 2. The summed E-state index contributed by atoms with van der Waals surface area (Å²) in [5.74, 6) is -0.656. The van der Waals surface area contributed by atoms with Crippen LogP contribution in [-0.2, 0) is 29.2 Å². The second-order valence-electron chi connectivity index (χ2n) is 6.79. The van der Waals surface area contributed by atoms with E-state index in [0.717, 1.165) is 6.21 Å². The molecule has 1 aliphatic heterocycles. The van der Waals surface area contributed by atoms with Gasteiger partial charge in [0, 0.05) is 18.8 Å². The van der Waals surface area contributed by atoms with Crippen molar-refractivity contribution in [3.8, 4) is 5.75 Å². The van der Waals surface area contributed by atoms with Gasteiger partial charge in [-0.05, 0) is 30.3 Å². The topological polar surface area (TPSA) is 136 Å². The molecule has 0 aliphatic carbocycles. The Bertz CT molecular complexity index is 1120. The number of carbonyl (C=O) groups is 2. The van der Waals surface area contributed by atoms with Crippen molar-refractivity contribution in [2.45, 2.75) is 4.90 Å². The largest absolute Gasteiger partial charge is 0.495 e. The highest BCUT2D eigenvalue weighted by atomic mass is 32.2. The third kappa shape index (κ3) is 6.75. The molecule has 0 unspecified atom stereocenters. The van der Waals surface area contributed by atoms with Crippen molar-refractivity contribution >= 4 is 39.4 Å². The van der Waals surface area contributed by atoms with Crippen molar-refractivity contribution in [3.05, 3.63) is 48.5 Å². The predicted molar refractivity (Wildman–Crippen MR) is 121 cm³/mol. The van der Waals surface area contributed by atoms with Gasteiger partial charge in [-0.3, -0.25) is 9.59 Å². The van der Waals surface area contributed by atoms with Gasteiger partial charge in [0.1, 0.15) is 12.0 Å². The van der Waals surface area contributed by atoms with Gasteiger partial charge in [-0.15, -0.1) is 0 Å². The fourth-order valence-electron chi connectivity index (χ4n) is 2.96. The van der Waals surface area contributed by atoms with Crippen LogP contribution in [0, 0.1) is 0 Å². The Morgan fingerprint density at radius 1 is 1.12 bits per heavy atom. The van der Waals surface area contributed by atoms with Crippen molar-refractivity contribution in [1.82, 2.24) is 4.31 Å². The Hall–Kier alpha value is -3.48. The van der Waals surface area contributed by atoms with Crippen molar-refractivity contribution in [1.29, 1.82) is 0 Å². The zero-order valence-electron chi connectivity index (χ0n) is 17.9. The fraction of sp³-hybridized carbons (Fsp3) is 0.286. The summed E-state index contributed by atoms with van der Waals surface area (Å²) in [6.07, 6.45) is 0.884. The quantitative estimate of drug-likeness (QED) is 0.411. The number of rotatable bonds is 9. The number of amides is 2. The van der Waals surface area contributed by atoms with Crippen molar-refractivity contribution in [2.24, 2.45) is 5.16 Å². The number of hydrogen-bond acceptors (Lipinski definition) is 8. The Morgan fingerprint density at radius 2 is 1.88 bits per heavy atom. The monoisotopic (exact) mass is 476 g/mol. The lowest BCUT2D eigenvalue weighted by molar-refractivity contribution is -0.120. The van der Waals surface area contributed by atoms with Gasteiger partial charge in [-0.25, -0.2) is 8.42 Å². The highest BCUT2D eigenvalue weighted by molar-refractivity contribution is 7.89. The van der Waals surface area contributed by atoms with Crippen LogP contribution >= 0.6 is 0 Å². The maximum atomic E-state index is 12.7. The number of nitrogens with one attached hydrogen (secondary N) is 2. The predicted octanol–water partition coefficient (Wildman–Crippen LogP) is 1.30. The van der Waals surface area contributed by atoms with Gasteiger partial charge < -0.3 is 24.9 Å². The normalized spacial score (nSPS) is 14.6. The molecule has 176 valence electrons. The molecular formula is C21H24N4O7S. The molecule has 0 spiro atoms. The number of oxime groups is 1. The molecule has 2 amide bonds. The van der Waals surface area contributed by atoms with Gasteiger partial charge in [0.05, 0.1) is 30.9 Å². The Morgan fingerprint density at radius 3 is 2.64 bits per heavy atom. The standard InChI is InChI=1S/C21H24N4O7S/c1-30-19-8-3-2-7-18(19)24-20(26)14-22-32-15-21(27)23-16-5-4-6-17(13-16)33(28,29)25-9-11-31-12-10-25/h2-8,13-14H,9-12,15H2,1H3,(H,23,27)(H,24,26)/b22-14+. The molecule has 0 radical (unpaired) electrons. The highest BCUT2D eigenvalue weighted by Crippen LogP contribution is 2.23. The maximum Gasteiger partial charge on any atom is 0.270 e. The zero-order valence-corrected chi connectivity index (χ0v) is 18.7.